The molecule has 7 heteroatoms. The standard InChI is InChI=1S/C13H16F2N2O3/c1-19-10-5-17(6-11(10)20-2)13(18)7-3-8(14)12(16)9(15)4-7/h3-4,10-11H,5-6,16H2,1-2H3. The van der Waals surface area contributed by atoms with Gasteiger partial charge in [0.05, 0.1) is 0 Å². The summed E-state index contributed by atoms with van der Waals surface area (Å²) in [5.41, 5.74) is 4.50. The summed E-state index contributed by atoms with van der Waals surface area (Å²) in [4.78, 5) is 13.7. The van der Waals surface area contributed by atoms with Crippen LogP contribution in [0.1, 0.15) is 10.4 Å². The molecule has 0 saturated carbocycles. The van der Waals surface area contributed by atoms with Gasteiger partial charge in [-0.1, -0.05) is 0 Å². The SMILES string of the molecule is COC1CN(C(=O)c2cc(F)c(N)c(F)c2)CC1OC. The Labute approximate surface area is 115 Å². The average molecular weight is 286 g/mol. The van der Waals surface area contributed by atoms with Gasteiger partial charge in [-0.25, -0.2) is 8.78 Å². The van der Waals surface area contributed by atoms with Crippen LogP contribution in [-0.4, -0.2) is 50.3 Å². The monoisotopic (exact) mass is 286 g/mol. The van der Waals surface area contributed by atoms with Crippen LogP contribution in [0.4, 0.5) is 14.5 Å². The number of nitrogen functional groups attached to an aromatic ring is 1. The van der Waals surface area contributed by atoms with Crippen LogP contribution in [0.2, 0.25) is 0 Å². The summed E-state index contributed by atoms with van der Waals surface area (Å²) < 4.78 is 37.2. The molecule has 1 aromatic rings. The first-order valence-electron chi connectivity index (χ1n) is 6.07. The Morgan fingerprint density at radius 3 is 2.05 bits per heavy atom. The van der Waals surface area contributed by atoms with Crippen molar-refractivity contribution >= 4 is 11.6 Å². The van der Waals surface area contributed by atoms with E-state index in [0.717, 1.165) is 12.1 Å². The number of rotatable bonds is 3. The molecule has 1 heterocycles. The Kier molecular flexibility index (Phi) is 4.20. The zero-order chi connectivity index (χ0) is 14.9. The lowest BCUT2D eigenvalue weighted by Crippen LogP contribution is -2.30. The smallest absolute Gasteiger partial charge is 0.254 e. The Bertz CT molecular complexity index is 489. The molecule has 0 aliphatic carbocycles. The molecule has 2 unspecified atom stereocenters. The Morgan fingerprint density at radius 1 is 1.20 bits per heavy atom. The number of ether oxygens (including phenoxy) is 2. The molecule has 1 aliphatic heterocycles. The highest BCUT2D eigenvalue weighted by Crippen LogP contribution is 2.22. The van der Waals surface area contributed by atoms with Crippen molar-refractivity contribution in [3.8, 4) is 0 Å². The summed E-state index contributed by atoms with van der Waals surface area (Å²) in [6.07, 6.45) is -0.514. The molecule has 0 radical (unpaired) electrons. The van der Waals surface area contributed by atoms with Crippen molar-refractivity contribution in [2.24, 2.45) is 0 Å². The maximum Gasteiger partial charge on any atom is 0.254 e. The number of likely N-dealkylation sites (tertiary alicyclic amines) is 1. The van der Waals surface area contributed by atoms with E-state index in [1.54, 1.807) is 0 Å². The second-order valence-electron chi connectivity index (χ2n) is 4.61. The van der Waals surface area contributed by atoms with Gasteiger partial charge in [0, 0.05) is 32.9 Å². The number of carbonyl (C=O) groups is 1. The van der Waals surface area contributed by atoms with Gasteiger partial charge in [-0.3, -0.25) is 4.79 Å². The van der Waals surface area contributed by atoms with E-state index in [-0.39, 0.29) is 17.8 Å². The molecule has 2 N–H and O–H groups in total. The van der Waals surface area contributed by atoms with Crippen LogP contribution >= 0.6 is 0 Å². The number of amides is 1. The molecule has 1 fully saturated rings. The highest BCUT2D eigenvalue weighted by molar-refractivity contribution is 5.95. The molecule has 0 aromatic heterocycles. The number of nitrogens with two attached hydrogens (primary N) is 1. The summed E-state index contributed by atoms with van der Waals surface area (Å²) >= 11 is 0. The van der Waals surface area contributed by atoms with Crippen LogP contribution < -0.4 is 5.73 Å². The fraction of sp³-hybridized carbons (Fsp3) is 0.462. The molecular formula is C13H16F2N2O3. The maximum atomic E-state index is 13.4. The first-order chi connectivity index (χ1) is 9.47. The first kappa shape index (κ1) is 14.7. The quantitative estimate of drug-likeness (QED) is 0.843. The zero-order valence-electron chi connectivity index (χ0n) is 11.2. The van der Waals surface area contributed by atoms with Crippen molar-refractivity contribution in [3.05, 3.63) is 29.3 Å². The van der Waals surface area contributed by atoms with Crippen molar-refractivity contribution in [2.45, 2.75) is 12.2 Å². The second-order valence-corrected chi connectivity index (χ2v) is 4.61. The topological polar surface area (TPSA) is 64.8 Å². The zero-order valence-corrected chi connectivity index (χ0v) is 11.2. The summed E-state index contributed by atoms with van der Waals surface area (Å²) in [7, 11) is 3.04. The molecule has 1 aromatic carbocycles. The Hall–Kier alpha value is -1.73. The molecule has 0 spiro atoms. The third-order valence-electron chi connectivity index (χ3n) is 3.43. The van der Waals surface area contributed by atoms with Crippen molar-refractivity contribution in [1.82, 2.24) is 4.90 Å². The molecule has 0 bridgehead atoms. The molecule has 1 amide bonds. The molecule has 1 saturated heterocycles. The third-order valence-corrected chi connectivity index (χ3v) is 3.43. The van der Waals surface area contributed by atoms with E-state index < -0.39 is 23.2 Å². The Balaban J connectivity index is 2.20. The molecule has 5 nitrogen and oxygen atoms in total. The number of benzene rings is 1. The van der Waals surface area contributed by atoms with Crippen LogP contribution in [0, 0.1) is 11.6 Å². The molecule has 2 rings (SSSR count). The highest BCUT2D eigenvalue weighted by atomic mass is 19.1. The number of halogens is 2. The van der Waals surface area contributed by atoms with Crippen molar-refractivity contribution in [2.75, 3.05) is 33.0 Å². The highest BCUT2D eigenvalue weighted by Gasteiger charge is 2.36. The predicted molar refractivity (Wildman–Crippen MR) is 68.3 cm³/mol. The minimum absolute atomic E-state index is 0.0826. The van der Waals surface area contributed by atoms with Gasteiger partial charge in [0.15, 0.2) is 0 Å². The third kappa shape index (κ3) is 2.59. The maximum absolute atomic E-state index is 13.4. The number of carbonyl (C=O) groups excluding carboxylic acids is 1. The largest absolute Gasteiger partial charge is 0.394 e. The Morgan fingerprint density at radius 2 is 1.65 bits per heavy atom. The van der Waals surface area contributed by atoms with E-state index >= 15 is 0 Å². The van der Waals surface area contributed by atoms with Crippen LogP contribution in [0.25, 0.3) is 0 Å². The number of hydrogen-bond acceptors (Lipinski definition) is 4. The number of nitrogens with zero attached hydrogens (tertiary/aromatic N) is 1. The minimum Gasteiger partial charge on any atom is -0.394 e. The lowest BCUT2D eigenvalue weighted by Gasteiger charge is -2.16. The number of methoxy groups -OCH3 is 2. The van der Waals surface area contributed by atoms with Crippen LogP contribution in [0.15, 0.2) is 12.1 Å². The van der Waals surface area contributed by atoms with E-state index in [1.807, 2.05) is 0 Å². The van der Waals surface area contributed by atoms with Gasteiger partial charge in [-0.2, -0.15) is 0 Å². The van der Waals surface area contributed by atoms with Gasteiger partial charge in [0.25, 0.3) is 5.91 Å². The van der Waals surface area contributed by atoms with E-state index in [9.17, 15) is 13.6 Å². The van der Waals surface area contributed by atoms with Crippen molar-refractivity contribution in [1.29, 1.82) is 0 Å². The minimum atomic E-state index is -0.945. The van der Waals surface area contributed by atoms with Crippen molar-refractivity contribution in [3.63, 3.8) is 0 Å². The molecule has 110 valence electrons. The van der Waals surface area contributed by atoms with Gasteiger partial charge >= 0.3 is 0 Å². The van der Waals surface area contributed by atoms with Gasteiger partial charge in [0.1, 0.15) is 29.5 Å². The lowest BCUT2D eigenvalue weighted by atomic mass is 10.1. The van der Waals surface area contributed by atoms with E-state index in [0.29, 0.717) is 13.1 Å². The van der Waals surface area contributed by atoms with Gasteiger partial charge < -0.3 is 20.1 Å². The van der Waals surface area contributed by atoms with E-state index in [1.165, 1.54) is 19.1 Å². The van der Waals surface area contributed by atoms with E-state index in [4.69, 9.17) is 15.2 Å². The molecule has 20 heavy (non-hydrogen) atoms. The molecular weight excluding hydrogens is 270 g/mol. The van der Waals surface area contributed by atoms with Crippen LogP contribution in [-0.2, 0) is 9.47 Å². The summed E-state index contributed by atoms with van der Waals surface area (Å²) in [6, 6.07) is 1.87. The first-order valence-corrected chi connectivity index (χ1v) is 6.07. The van der Waals surface area contributed by atoms with Crippen LogP contribution in [0.3, 0.4) is 0 Å². The van der Waals surface area contributed by atoms with Gasteiger partial charge in [0.2, 0.25) is 0 Å². The molecule has 2 atom stereocenters. The fourth-order valence-corrected chi connectivity index (χ4v) is 2.25. The van der Waals surface area contributed by atoms with Crippen LogP contribution in [0.5, 0.6) is 0 Å². The number of hydrogen-bond donors (Lipinski definition) is 1. The summed E-state index contributed by atoms with van der Waals surface area (Å²) in [5.74, 6) is -2.37. The van der Waals surface area contributed by atoms with Gasteiger partial charge in [-0.05, 0) is 12.1 Å². The van der Waals surface area contributed by atoms with Gasteiger partial charge in [-0.15, -0.1) is 0 Å². The predicted octanol–water partition coefficient (Wildman–Crippen LogP) is 1.03. The average Bonchev–Trinajstić information content (AvgIpc) is 2.86. The lowest BCUT2D eigenvalue weighted by molar-refractivity contribution is -0.00461. The number of anilines is 1. The molecule has 1 aliphatic rings. The van der Waals surface area contributed by atoms with Crippen molar-refractivity contribution < 1.29 is 23.0 Å². The summed E-state index contributed by atoms with van der Waals surface area (Å²) in [5, 5.41) is 0. The fourth-order valence-electron chi connectivity index (χ4n) is 2.25. The second kappa shape index (κ2) is 5.72. The summed E-state index contributed by atoms with van der Waals surface area (Å²) in [6.45, 7) is 0.614. The normalized spacial score (nSPS) is 22.3. The van der Waals surface area contributed by atoms with E-state index in [2.05, 4.69) is 0 Å².